The predicted octanol–water partition coefficient (Wildman–Crippen LogP) is 14.0. The van der Waals surface area contributed by atoms with E-state index in [4.69, 9.17) is 0 Å². The monoisotopic (exact) mass is 655 g/mol. The zero-order chi connectivity index (χ0) is 31.8. The summed E-state index contributed by atoms with van der Waals surface area (Å²) in [5, 5.41) is 10.8. The van der Waals surface area contributed by atoms with Crippen LogP contribution < -0.4 is 0 Å². The molecule has 49 heavy (non-hydrogen) atoms. The molecule has 0 saturated carbocycles. The molecule has 3 heteroatoms. The van der Waals surface area contributed by atoms with Crippen LogP contribution in [0.2, 0.25) is 0 Å². The van der Waals surface area contributed by atoms with E-state index in [-0.39, 0.29) is 0 Å². The van der Waals surface area contributed by atoms with Gasteiger partial charge in [0, 0.05) is 52.1 Å². The molecule has 12 rings (SSSR count). The fourth-order valence-electron chi connectivity index (χ4n) is 8.76. The van der Waals surface area contributed by atoms with Crippen molar-refractivity contribution >= 4 is 95.6 Å². The summed E-state index contributed by atoms with van der Waals surface area (Å²) in [6, 6.07) is 56.4. The van der Waals surface area contributed by atoms with E-state index in [0.29, 0.717) is 0 Å². The Balaban J connectivity index is 1.21. The third-order valence-corrected chi connectivity index (χ3v) is 13.1. The highest BCUT2D eigenvalue weighted by Crippen LogP contribution is 2.53. The van der Waals surface area contributed by atoms with Crippen LogP contribution in [-0.4, -0.2) is 4.57 Å². The average molecular weight is 656 g/mol. The first-order chi connectivity index (χ1) is 24.3. The van der Waals surface area contributed by atoms with Crippen molar-refractivity contribution in [3.05, 3.63) is 152 Å². The molecular weight excluding hydrogens is 631 g/mol. The molecule has 3 aromatic heterocycles. The summed E-state index contributed by atoms with van der Waals surface area (Å²) in [5.74, 6) is 0. The number of fused-ring (bicyclic) bond motifs is 15. The lowest BCUT2D eigenvalue weighted by Crippen LogP contribution is -1.95. The highest BCUT2D eigenvalue weighted by Gasteiger charge is 2.25. The fourth-order valence-corrected chi connectivity index (χ4v) is 11.3. The molecule has 1 nitrogen and oxygen atoms in total. The molecule has 0 saturated heterocycles. The van der Waals surface area contributed by atoms with Crippen molar-refractivity contribution < 1.29 is 0 Å². The van der Waals surface area contributed by atoms with Crippen LogP contribution in [-0.2, 0) is 0 Å². The van der Waals surface area contributed by atoms with Gasteiger partial charge in [0.25, 0.3) is 0 Å². The number of rotatable bonds is 2. The van der Waals surface area contributed by atoms with Gasteiger partial charge in [0.15, 0.2) is 0 Å². The zero-order valence-electron chi connectivity index (χ0n) is 26.2. The quantitative estimate of drug-likeness (QED) is 0.175. The highest BCUT2D eigenvalue weighted by molar-refractivity contribution is 7.30. The minimum atomic E-state index is 1.19. The molecule has 0 fully saturated rings. The van der Waals surface area contributed by atoms with Gasteiger partial charge in [0.1, 0.15) is 0 Å². The largest absolute Gasteiger partial charge is 0.308 e. The summed E-state index contributed by atoms with van der Waals surface area (Å²) in [6.07, 6.45) is 0. The molecule has 3 heterocycles. The van der Waals surface area contributed by atoms with Crippen LogP contribution in [0.3, 0.4) is 0 Å². The van der Waals surface area contributed by atoms with E-state index in [0.717, 1.165) is 0 Å². The van der Waals surface area contributed by atoms with E-state index >= 15 is 0 Å². The van der Waals surface area contributed by atoms with Crippen molar-refractivity contribution in [3.63, 3.8) is 0 Å². The standard InChI is InChI=1S/C46H25NS2/c1-2-14-30-29(13-1)32-19-10-18-31-28(23-24-33(30)40(31)32)26-11-9-12-27(25-26)47-37-20-6-3-15-34(37)41-42-35-16-4-7-21-38(35)48-45(42)43-36-17-5-8-22-39(36)49-46(43)44(41)47/h1-25H. The van der Waals surface area contributed by atoms with Gasteiger partial charge in [0.2, 0.25) is 0 Å². The molecule has 0 radical (unpaired) electrons. The Morgan fingerprint density at radius 2 is 0.959 bits per heavy atom. The van der Waals surface area contributed by atoms with E-state index in [1.807, 2.05) is 22.7 Å². The van der Waals surface area contributed by atoms with Gasteiger partial charge in [-0.2, -0.15) is 0 Å². The lowest BCUT2D eigenvalue weighted by molar-refractivity contribution is 1.19. The summed E-state index contributed by atoms with van der Waals surface area (Å²) in [6.45, 7) is 0. The Bertz CT molecular complexity index is 3190. The van der Waals surface area contributed by atoms with Crippen LogP contribution in [0, 0.1) is 0 Å². The maximum Gasteiger partial charge on any atom is 0.0727 e. The molecule has 0 aliphatic heterocycles. The maximum absolute atomic E-state index is 2.55. The lowest BCUT2D eigenvalue weighted by atomic mass is 9.94. The van der Waals surface area contributed by atoms with Gasteiger partial charge in [-0.25, -0.2) is 0 Å². The van der Waals surface area contributed by atoms with Crippen molar-refractivity contribution in [2.24, 2.45) is 0 Å². The third-order valence-electron chi connectivity index (χ3n) is 10.7. The Kier molecular flexibility index (Phi) is 5.06. The summed E-state index contributed by atoms with van der Waals surface area (Å²) >= 11 is 3.87. The Morgan fingerprint density at radius 1 is 0.367 bits per heavy atom. The minimum Gasteiger partial charge on any atom is -0.308 e. The van der Waals surface area contributed by atoms with Crippen LogP contribution in [0.4, 0.5) is 0 Å². The van der Waals surface area contributed by atoms with Gasteiger partial charge in [-0.1, -0.05) is 121 Å². The van der Waals surface area contributed by atoms with Gasteiger partial charge < -0.3 is 4.57 Å². The molecule has 0 N–H and O–H groups in total. The molecule has 0 amide bonds. The van der Waals surface area contributed by atoms with Crippen molar-refractivity contribution in [3.8, 4) is 39.1 Å². The fraction of sp³-hybridized carbons (Fsp3) is 0. The molecular formula is C46H25NS2. The van der Waals surface area contributed by atoms with Crippen LogP contribution in [0.25, 0.3) is 112 Å². The number of nitrogens with zero attached hydrogens (tertiary/aromatic N) is 1. The molecule has 11 aromatic rings. The summed E-state index contributed by atoms with van der Waals surface area (Å²) < 4.78 is 7.98. The lowest BCUT2D eigenvalue weighted by Gasteiger charge is -2.13. The predicted molar refractivity (Wildman–Crippen MR) is 214 cm³/mol. The number of para-hydroxylation sites is 1. The number of benzene rings is 8. The highest BCUT2D eigenvalue weighted by atomic mass is 32.1. The number of hydrogen-bond acceptors (Lipinski definition) is 2. The smallest absolute Gasteiger partial charge is 0.0727 e. The maximum atomic E-state index is 2.55. The second-order valence-corrected chi connectivity index (χ2v) is 15.3. The molecule has 0 spiro atoms. The van der Waals surface area contributed by atoms with E-state index < -0.39 is 0 Å². The Labute approximate surface area is 289 Å². The van der Waals surface area contributed by atoms with Crippen LogP contribution in [0.15, 0.2) is 152 Å². The second kappa shape index (κ2) is 9.45. The molecule has 0 bridgehead atoms. The van der Waals surface area contributed by atoms with Crippen LogP contribution >= 0.6 is 22.7 Å². The normalized spacial score (nSPS) is 12.5. The van der Waals surface area contributed by atoms with Crippen molar-refractivity contribution in [2.75, 3.05) is 0 Å². The second-order valence-electron chi connectivity index (χ2n) is 13.2. The van der Waals surface area contributed by atoms with Gasteiger partial charge in [-0.15, -0.1) is 22.7 Å². The number of hydrogen-bond donors (Lipinski definition) is 0. The molecule has 8 aromatic carbocycles. The Hall–Kier alpha value is -5.74. The zero-order valence-corrected chi connectivity index (χ0v) is 27.8. The molecule has 226 valence electrons. The molecule has 1 aliphatic rings. The van der Waals surface area contributed by atoms with Crippen LogP contribution in [0.5, 0.6) is 0 Å². The van der Waals surface area contributed by atoms with Gasteiger partial charge in [-0.3, -0.25) is 0 Å². The average Bonchev–Trinajstić information content (AvgIpc) is 3.91. The van der Waals surface area contributed by atoms with Gasteiger partial charge in [0.05, 0.1) is 15.7 Å². The van der Waals surface area contributed by atoms with E-state index in [1.165, 1.54) is 112 Å². The van der Waals surface area contributed by atoms with E-state index in [1.54, 1.807) is 0 Å². The van der Waals surface area contributed by atoms with Gasteiger partial charge in [-0.05, 0) is 74.5 Å². The minimum absolute atomic E-state index is 1.19. The SMILES string of the molecule is c1cc(-c2ccc3c4c(cccc24)-c2ccccc2-3)cc(-n2c3ccccc3c3c4c5ccccc5sc4c4c5ccccc5sc4c32)c1. The number of thiophene rings is 2. The molecule has 0 unspecified atom stereocenters. The summed E-state index contributed by atoms with van der Waals surface area (Å²) in [7, 11) is 0. The number of aromatic nitrogens is 1. The van der Waals surface area contributed by atoms with Crippen molar-refractivity contribution in [1.29, 1.82) is 0 Å². The first-order valence-corrected chi connectivity index (χ1v) is 18.4. The van der Waals surface area contributed by atoms with Crippen LogP contribution in [0.1, 0.15) is 0 Å². The first kappa shape index (κ1) is 26.2. The topological polar surface area (TPSA) is 4.93 Å². The first-order valence-electron chi connectivity index (χ1n) is 16.8. The Morgan fingerprint density at radius 3 is 1.78 bits per heavy atom. The summed E-state index contributed by atoms with van der Waals surface area (Å²) in [4.78, 5) is 0. The third kappa shape index (κ3) is 3.34. The van der Waals surface area contributed by atoms with Gasteiger partial charge >= 0.3 is 0 Å². The van der Waals surface area contributed by atoms with Crippen molar-refractivity contribution in [1.82, 2.24) is 4.57 Å². The van der Waals surface area contributed by atoms with E-state index in [2.05, 4.69) is 156 Å². The molecule has 0 atom stereocenters. The van der Waals surface area contributed by atoms with Crippen molar-refractivity contribution in [2.45, 2.75) is 0 Å². The molecule has 1 aliphatic carbocycles. The summed E-state index contributed by atoms with van der Waals surface area (Å²) in [5.41, 5.74) is 11.6. The van der Waals surface area contributed by atoms with E-state index in [9.17, 15) is 0 Å².